The molecule has 0 saturated carbocycles. The normalized spacial score (nSPS) is 8.46. The van der Waals surface area contributed by atoms with E-state index in [4.69, 9.17) is 16.3 Å². The number of methoxy groups -OCH3 is 1. The van der Waals surface area contributed by atoms with E-state index >= 15 is 0 Å². The van der Waals surface area contributed by atoms with Gasteiger partial charge in [0.15, 0.2) is 6.29 Å². The summed E-state index contributed by atoms with van der Waals surface area (Å²) >= 11 is 5.83. The largest absolute Gasteiger partial charge is 0.495 e. The van der Waals surface area contributed by atoms with Crippen molar-refractivity contribution in [2.45, 2.75) is 0 Å². The zero-order valence-corrected chi connectivity index (χ0v) is 7.76. The van der Waals surface area contributed by atoms with Gasteiger partial charge in [-0.3, -0.25) is 4.79 Å². The van der Waals surface area contributed by atoms with Crippen molar-refractivity contribution >= 4 is 17.9 Å². The maximum absolute atomic E-state index is 9.95. The van der Waals surface area contributed by atoms with Gasteiger partial charge in [0.1, 0.15) is 5.75 Å². The van der Waals surface area contributed by atoms with Crippen LogP contribution in [0.25, 0.3) is 0 Å². The summed E-state index contributed by atoms with van der Waals surface area (Å²) in [6.07, 6.45) is 0.540. The van der Waals surface area contributed by atoms with Crippen LogP contribution in [-0.2, 0) is 4.79 Å². The summed E-state index contributed by atoms with van der Waals surface area (Å²) < 4.78 is 4.95. The highest BCUT2D eigenvalue weighted by atomic mass is 35.5. The van der Waals surface area contributed by atoms with Gasteiger partial charge in [-0.15, -0.1) is 0 Å². The molecule has 2 nitrogen and oxygen atoms in total. The van der Waals surface area contributed by atoms with Crippen molar-refractivity contribution in [3.05, 3.63) is 28.8 Å². The van der Waals surface area contributed by atoms with Gasteiger partial charge in [-0.05, 0) is 24.1 Å². The minimum atomic E-state index is 0.486. The van der Waals surface area contributed by atoms with Gasteiger partial charge in [-0.1, -0.05) is 17.5 Å². The first-order valence-electron chi connectivity index (χ1n) is 3.56. The number of carbonyl (C=O) groups excluding carboxylic acids is 1. The molecule has 0 radical (unpaired) electrons. The lowest BCUT2D eigenvalue weighted by atomic mass is 10.2. The summed E-state index contributed by atoms with van der Waals surface area (Å²) in [6.45, 7) is 0. The summed E-state index contributed by atoms with van der Waals surface area (Å²) in [4.78, 5) is 9.95. The van der Waals surface area contributed by atoms with E-state index in [2.05, 4.69) is 11.8 Å². The lowest BCUT2D eigenvalue weighted by Gasteiger charge is -2.01. The van der Waals surface area contributed by atoms with E-state index in [9.17, 15) is 4.79 Å². The van der Waals surface area contributed by atoms with E-state index in [1.807, 2.05) is 0 Å². The highest BCUT2D eigenvalue weighted by Gasteiger charge is 1.98. The molecule has 0 atom stereocenters. The summed E-state index contributed by atoms with van der Waals surface area (Å²) in [7, 11) is 1.54. The van der Waals surface area contributed by atoms with E-state index in [0.717, 1.165) is 0 Å². The van der Waals surface area contributed by atoms with Crippen molar-refractivity contribution < 1.29 is 9.53 Å². The van der Waals surface area contributed by atoms with Crippen LogP contribution in [0.2, 0.25) is 5.02 Å². The fourth-order valence-electron chi connectivity index (χ4n) is 0.857. The second-order valence-corrected chi connectivity index (χ2v) is 2.64. The first kappa shape index (κ1) is 9.63. The number of halogens is 1. The third kappa shape index (κ3) is 2.50. The average Bonchev–Trinajstić information content (AvgIpc) is 2.15. The molecular formula is C10H7ClO2. The molecule has 1 aromatic carbocycles. The third-order valence-electron chi connectivity index (χ3n) is 1.43. The van der Waals surface area contributed by atoms with Gasteiger partial charge in [0.2, 0.25) is 0 Å². The Bertz CT molecular complexity index is 374. The second-order valence-electron chi connectivity index (χ2n) is 2.24. The Morgan fingerprint density at radius 2 is 2.31 bits per heavy atom. The third-order valence-corrected chi connectivity index (χ3v) is 1.72. The predicted octanol–water partition coefficient (Wildman–Crippen LogP) is 1.90. The smallest absolute Gasteiger partial charge is 0.193 e. The minimum absolute atomic E-state index is 0.486. The van der Waals surface area contributed by atoms with Gasteiger partial charge in [0.05, 0.1) is 12.1 Å². The summed E-state index contributed by atoms with van der Waals surface area (Å²) in [5, 5.41) is 0.486. The lowest BCUT2D eigenvalue weighted by molar-refractivity contribution is -0.103. The number of rotatable bonds is 1. The van der Waals surface area contributed by atoms with Crippen LogP contribution < -0.4 is 4.74 Å². The predicted molar refractivity (Wildman–Crippen MR) is 50.9 cm³/mol. The zero-order chi connectivity index (χ0) is 9.68. The molecule has 0 amide bonds. The Balaban J connectivity index is 3.02. The topological polar surface area (TPSA) is 26.3 Å². The molecule has 0 unspecified atom stereocenters. The van der Waals surface area contributed by atoms with Crippen LogP contribution in [0, 0.1) is 11.8 Å². The van der Waals surface area contributed by atoms with Crippen molar-refractivity contribution in [3.8, 4) is 17.6 Å². The van der Waals surface area contributed by atoms with Gasteiger partial charge >= 0.3 is 0 Å². The van der Waals surface area contributed by atoms with Crippen molar-refractivity contribution in [1.29, 1.82) is 0 Å². The van der Waals surface area contributed by atoms with Crippen LogP contribution in [0.3, 0.4) is 0 Å². The number of carbonyl (C=O) groups is 1. The number of benzene rings is 1. The molecule has 1 aromatic rings. The number of hydrogen-bond donors (Lipinski definition) is 0. The van der Waals surface area contributed by atoms with E-state index in [1.165, 1.54) is 7.11 Å². The molecule has 0 aliphatic heterocycles. The van der Waals surface area contributed by atoms with Crippen LogP contribution in [0.5, 0.6) is 5.75 Å². The molecule has 0 N–H and O–H groups in total. The highest BCUT2D eigenvalue weighted by molar-refractivity contribution is 6.32. The van der Waals surface area contributed by atoms with E-state index in [0.29, 0.717) is 22.6 Å². The first-order valence-corrected chi connectivity index (χ1v) is 3.94. The van der Waals surface area contributed by atoms with Crippen molar-refractivity contribution in [2.24, 2.45) is 0 Å². The van der Waals surface area contributed by atoms with Gasteiger partial charge in [0.25, 0.3) is 0 Å². The number of ether oxygens (including phenoxy) is 1. The van der Waals surface area contributed by atoms with Crippen LogP contribution in [0.15, 0.2) is 18.2 Å². The van der Waals surface area contributed by atoms with Crippen molar-refractivity contribution in [2.75, 3.05) is 7.11 Å². The van der Waals surface area contributed by atoms with Gasteiger partial charge in [-0.2, -0.15) is 0 Å². The van der Waals surface area contributed by atoms with Crippen LogP contribution in [0.4, 0.5) is 0 Å². The van der Waals surface area contributed by atoms with Crippen LogP contribution >= 0.6 is 11.6 Å². The molecular weight excluding hydrogens is 188 g/mol. The average molecular weight is 195 g/mol. The molecule has 0 saturated heterocycles. The highest BCUT2D eigenvalue weighted by Crippen LogP contribution is 2.24. The monoisotopic (exact) mass is 194 g/mol. The number of hydrogen-bond acceptors (Lipinski definition) is 2. The maximum atomic E-state index is 9.95. The fraction of sp³-hybridized carbons (Fsp3) is 0.100. The fourth-order valence-corrected chi connectivity index (χ4v) is 1.11. The van der Waals surface area contributed by atoms with Crippen LogP contribution in [-0.4, -0.2) is 13.4 Å². The molecule has 0 bridgehead atoms. The Morgan fingerprint density at radius 1 is 1.54 bits per heavy atom. The lowest BCUT2D eigenvalue weighted by Crippen LogP contribution is -1.84. The Hall–Kier alpha value is -1.46. The second kappa shape index (κ2) is 4.54. The van der Waals surface area contributed by atoms with Crippen molar-refractivity contribution in [1.82, 2.24) is 0 Å². The molecule has 66 valence electrons. The molecule has 0 aliphatic carbocycles. The van der Waals surface area contributed by atoms with E-state index in [1.54, 1.807) is 18.2 Å². The van der Waals surface area contributed by atoms with Gasteiger partial charge in [0, 0.05) is 5.56 Å². The zero-order valence-electron chi connectivity index (χ0n) is 7.00. The molecule has 1 rings (SSSR count). The van der Waals surface area contributed by atoms with Crippen molar-refractivity contribution in [3.63, 3.8) is 0 Å². The Kier molecular flexibility index (Phi) is 3.36. The summed E-state index contributed by atoms with van der Waals surface area (Å²) in [6, 6.07) is 5.09. The van der Waals surface area contributed by atoms with Gasteiger partial charge in [-0.25, -0.2) is 0 Å². The standard InChI is InChI=1S/C10H7ClO2/c1-13-10-5-4-8(3-2-6-12)7-9(10)11/h4-7H,1H3. The molecule has 3 heteroatoms. The molecule has 0 fully saturated rings. The summed E-state index contributed by atoms with van der Waals surface area (Å²) in [5.41, 5.74) is 0.693. The quantitative estimate of drug-likeness (QED) is 0.504. The minimum Gasteiger partial charge on any atom is -0.495 e. The SMILES string of the molecule is COc1ccc(C#CC=O)cc1Cl. The molecule has 0 aliphatic rings. The van der Waals surface area contributed by atoms with E-state index < -0.39 is 0 Å². The Labute approximate surface area is 81.5 Å². The van der Waals surface area contributed by atoms with E-state index in [-0.39, 0.29) is 0 Å². The molecule has 0 spiro atoms. The first-order chi connectivity index (χ1) is 6.27. The van der Waals surface area contributed by atoms with Crippen LogP contribution in [0.1, 0.15) is 5.56 Å². The Morgan fingerprint density at radius 3 is 2.85 bits per heavy atom. The molecule has 13 heavy (non-hydrogen) atoms. The van der Waals surface area contributed by atoms with Gasteiger partial charge < -0.3 is 4.74 Å². The molecule has 0 heterocycles. The molecule has 0 aromatic heterocycles. The number of aldehydes is 1. The summed E-state index contributed by atoms with van der Waals surface area (Å²) in [5.74, 6) is 5.52. The maximum Gasteiger partial charge on any atom is 0.193 e.